The Morgan fingerprint density at radius 3 is 2.68 bits per heavy atom. The van der Waals surface area contributed by atoms with E-state index in [0.29, 0.717) is 30.2 Å². The van der Waals surface area contributed by atoms with Crippen molar-refractivity contribution in [3.05, 3.63) is 46.8 Å². The highest BCUT2D eigenvalue weighted by Crippen LogP contribution is 2.31. The van der Waals surface area contributed by atoms with Crippen molar-refractivity contribution in [3.8, 4) is 5.69 Å². The number of amides is 1. The number of nitrogens with two attached hydrogens (primary N) is 1. The number of halogens is 4. The lowest BCUT2D eigenvalue weighted by molar-refractivity contribution is -0.137. The van der Waals surface area contributed by atoms with Crippen LogP contribution in [0.2, 0.25) is 0 Å². The van der Waals surface area contributed by atoms with Crippen LogP contribution in [0.1, 0.15) is 35.4 Å². The van der Waals surface area contributed by atoms with E-state index in [2.05, 4.69) is 5.10 Å². The molecule has 154 valence electrons. The monoisotopic (exact) mass is 416 g/mol. The normalized spacial score (nSPS) is 16.9. The Balaban J connectivity index is 0.00000280. The van der Waals surface area contributed by atoms with Crippen LogP contribution in [0, 0.1) is 13.8 Å². The fourth-order valence-corrected chi connectivity index (χ4v) is 3.66. The van der Waals surface area contributed by atoms with E-state index in [9.17, 15) is 18.0 Å². The Bertz CT molecular complexity index is 850. The zero-order valence-electron chi connectivity index (χ0n) is 15.8. The second kappa shape index (κ2) is 8.53. The maximum absolute atomic E-state index is 13.0. The zero-order chi connectivity index (χ0) is 19.8. The van der Waals surface area contributed by atoms with Crippen molar-refractivity contribution in [3.63, 3.8) is 0 Å². The second-order valence-corrected chi connectivity index (χ2v) is 6.90. The number of aryl methyl sites for hydroxylation is 1. The SMILES string of the molecule is Cc1nn(-c2cccc(C(F)(F)F)c2)c(C)c1CC(=O)N1CCCC1CN.Cl. The lowest BCUT2D eigenvalue weighted by atomic mass is 10.1. The van der Waals surface area contributed by atoms with Gasteiger partial charge in [0, 0.05) is 30.4 Å². The largest absolute Gasteiger partial charge is 0.416 e. The predicted octanol–water partition coefficient (Wildman–Crippen LogP) is 3.42. The van der Waals surface area contributed by atoms with E-state index < -0.39 is 11.7 Å². The maximum Gasteiger partial charge on any atom is 0.416 e. The molecule has 1 amide bonds. The van der Waals surface area contributed by atoms with Gasteiger partial charge in [0.15, 0.2) is 0 Å². The summed E-state index contributed by atoms with van der Waals surface area (Å²) in [7, 11) is 0. The van der Waals surface area contributed by atoms with Gasteiger partial charge in [0.2, 0.25) is 5.91 Å². The van der Waals surface area contributed by atoms with E-state index in [1.807, 2.05) is 0 Å². The molecule has 0 spiro atoms. The maximum atomic E-state index is 13.0. The molecule has 1 fully saturated rings. The lowest BCUT2D eigenvalue weighted by Crippen LogP contribution is -2.40. The van der Waals surface area contributed by atoms with Crippen molar-refractivity contribution in [2.24, 2.45) is 5.73 Å². The smallest absolute Gasteiger partial charge is 0.338 e. The Morgan fingerprint density at radius 2 is 2.04 bits per heavy atom. The highest BCUT2D eigenvalue weighted by atomic mass is 35.5. The van der Waals surface area contributed by atoms with Gasteiger partial charge in [-0.05, 0) is 44.9 Å². The molecular weight excluding hydrogens is 393 g/mol. The van der Waals surface area contributed by atoms with E-state index in [0.717, 1.165) is 30.5 Å². The van der Waals surface area contributed by atoms with Gasteiger partial charge < -0.3 is 10.6 Å². The molecule has 1 aliphatic rings. The van der Waals surface area contributed by atoms with E-state index in [1.54, 1.807) is 24.8 Å². The van der Waals surface area contributed by atoms with Crippen LogP contribution < -0.4 is 5.73 Å². The molecule has 28 heavy (non-hydrogen) atoms. The first-order valence-corrected chi connectivity index (χ1v) is 8.94. The van der Waals surface area contributed by atoms with Crippen molar-refractivity contribution in [2.75, 3.05) is 13.1 Å². The van der Waals surface area contributed by atoms with Gasteiger partial charge in [-0.3, -0.25) is 4.79 Å². The summed E-state index contributed by atoms with van der Waals surface area (Å²) in [4.78, 5) is 14.5. The number of nitrogens with zero attached hydrogens (tertiary/aromatic N) is 3. The highest BCUT2D eigenvalue weighted by Gasteiger charge is 2.31. The van der Waals surface area contributed by atoms with Crippen molar-refractivity contribution in [2.45, 2.75) is 45.3 Å². The van der Waals surface area contributed by atoms with Gasteiger partial charge in [0.05, 0.1) is 23.4 Å². The number of alkyl halides is 3. The van der Waals surface area contributed by atoms with E-state index >= 15 is 0 Å². The third kappa shape index (κ3) is 4.33. The topological polar surface area (TPSA) is 64.2 Å². The van der Waals surface area contributed by atoms with Crippen LogP contribution in [0.3, 0.4) is 0 Å². The molecular formula is C19H24ClF3N4O. The molecule has 1 aromatic carbocycles. The van der Waals surface area contributed by atoms with Crippen LogP contribution in [0.4, 0.5) is 13.2 Å². The van der Waals surface area contributed by atoms with Gasteiger partial charge >= 0.3 is 6.18 Å². The number of hydrogen-bond donors (Lipinski definition) is 1. The number of aromatic nitrogens is 2. The molecule has 0 radical (unpaired) electrons. The summed E-state index contributed by atoms with van der Waals surface area (Å²) >= 11 is 0. The number of carbonyl (C=O) groups is 1. The number of likely N-dealkylation sites (tertiary alicyclic amines) is 1. The summed E-state index contributed by atoms with van der Waals surface area (Å²) in [6.45, 7) is 4.67. The third-order valence-corrected chi connectivity index (χ3v) is 5.16. The number of hydrogen-bond acceptors (Lipinski definition) is 3. The molecule has 1 aromatic heterocycles. The van der Waals surface area contributed by atoms with Crippen LogP contribution in [0.15, 0.2) is 24.3 Å². The Labute approximate surface area is 168 Å². The fourth-order valence-electron chi connectivity index (χ4n) is 3.66. The summed E-state index contributed by atoms with van der Waals surface area (Å²) in [5.41, 5.74) is 7.40. The molecule has 3 rings (SSSR count). The van der Waals surface area contributed by atoms with E-state index in [4.69, 9.17) is 5.73 Å². The first-order chi connectivity index (χ1) is 12.7. The highest BCUT2D eigenvalue weighted by molar-refractivity contribution is 5.85. The first kappa shape index (κ1) is 22.2. The van der Waals surface area contributed by atoms with Gasteiger partial charge in [-0.15, -0.1) is 12.4 Å². The minimum atomic E-state index is -4.42. The molecule has 9 heteroatoms. The van der Waals surface area contributed by atoms with E-state index in [-0.39, 0.29) is 30.8 Å². The van der Waals surface area contributed by atoms with Crippen LogP contribution >= 0.6 is 12.4 Å². The standard InChI is InChI=1S/C19H23F3N4O.ClH/c1-12-17(10-18(27)25-8-4-7-16(25)11-23)13(2)26(24-12)15-6-3-5-14(9-15)19(20,21)22;/h3,5-6,9,16H,4,7-8,10-11,23H2,1-2H3;1H. The van der Waals surface area contributed by atoms with Crippen LogP contribution in [-0.4, -0.2) is 39.7 Å². The lowest BCUT2D eigenvalue weighted by Gasteiger charge is -2.23. The van der Waals surface area contributed by atoms with Crippen molar-refractivity contribution >= 4 is 18.3 Å². The minimum absolute atomic E-state index is 0. The fraction of sp³-hybridized carbons (Fsp3) is 0.474. The Kier molecular flexibility index (Phi) is 6.77. The summed E-state index contributed by atoms with van der Waals surface area (Å²) < 4.78 is 40.5. The summed E-state index contributed by atoms with van der Waals surface area (Å²) in [6, 6.07) is 5.09. The Morgan fingerprint density at radius 1 is 1.32 bits per heavy atom. The summed E-state index contributed by atoms with van der Waals surface area (Å²) in [5, 5.41) is 4.38. The molecule has 1 aliphatic heterocycles. The molecule has 2 heterocycles. The minimum Gasteiger partial charge on any atom is -0.338 e. The van der Waals surface area contributed by atoms with Gasteiger partial charge in [0.25, 0.3) is 0 Å². The molecule has 0 bridgehead atoms. The van der Waals surface area contributed by atoms with Crippen molar-refractivity contribution < 1.29 is 18.0 Å². The van der Waals surface area contributed by atoms with Gasteiger partial charge in [0.1, 0.15) is 0 Å². The molecule has 1 unspecified atom stereocenters. The average molecular weight is 417 g/mol. The van der Waals surface area contributed by atoms with Gasteiger partial charge in [-0.2, -0.15) is 18.3 Å². The molecule has 1 atom stereocenters. The number of rotatable bonds is 4. The second-order valence-electron chi connectivity index (χ2n) is 6.90. The molecule has 0 aliphatic carbocycles. The van der Waals surface area contributed by atoms with Gasteiger partial charge in [-0.25, -0.2) is 4.68 Å². The van der Waals surface area contributed by atoms with Crippen molar-refractivity contribution in [1.82, 2.24) is 14.7 Å². The van der Waals surface area contributed by atoms with Gasteiger partial charge in [-0.1, -0.05) is 6.07 Å². The third-order valence-electron chi connectivity index (χ3n) is 5.16. The van der Waals surface area contributed by atoms with Crippen molar-refractivity contribution in [1.29, 1.82) is 0 Å². The predicted molar refractivity (Wildman–Crippen MR) is 103 cm³/mol. The van der Waals surface area contributed by atoms with Crippen LogP contribution in [0.25, 0.3) is 5.69 Å². The molecule has 2 aromatic rings. The van der Waals surface area contributed by atoms with Crippen LogP contribution in [-0.2, 0) is 17.4 Å². The summed E-state index contributed by atoms with van der Waals surface area (Å²) in [5.74, 6) is -0.0160. The molecule has 2 N–H and O–H groups in total. The number of carbonyl (C=O) groups excluding carboxylic acids is 1. The average Bonchev–Trinajstić information content (AvgIpc) is 3.21. The molecule has 0 saturated carbocycles. The molecule has 1 saturated heterocycles. The van der Waals surface area contributed by atoms with Crippen LogP contribution in [0.5, 0.6) is 0 Å². The Hall–Kier alpha value is -2.06. The quantitative estimate of drug-likeness (QED) is 0.830. The molecule has 5 nitrogen and oxygen atoms in total. The number of benzene rings is 1. The first-order valence-electron chi connectivity index (χ1n) is 8.94. The van der Waals surface area contributed by atoms with E-state index in [1.165, 1.54) is 10.7 Å². The zero-order valence-corrected chi connectivity index (χ0v) is 16.6. The summed E-state index contributed by atoms with van der Waals surface area (Å²) in [6.07, 6.45) is -2.40.